The molecule has 1 saturated heterocycles. The van der Waals surface area contributed by atoms with E-state index in [9.17, 15) is 9.59 Å². The lowest BCUT2D eigenvalue weighted by molar-refractivity contribution is -0.150. The number of carbonyl (C=O) groups excluding carboxylic acids is 2. The third-order valence-corrected chi connectivity index (χ3v) is 4.20. The van der Waals surface area contributed by atoms with Crippen LogP contribution in [0.2, 0.25) is 0 Å². The molecule has 0 bridgehead atoms. The van der Waals surface area contributed by atoms with Gasteiger partial charge in [0.1, 0.15) is 11.5 Å². The Bertz CT molecular complexity index is 641. The molecule has 1 heterocycles. The van der Waals surface area contributed by atoms with E-state index in [2.05, 4.69) is 0 Å². The summed E-state index contributed by atoms with van der Waals surface area (Å²) in [7, 11) is 3.17. The summed E-state index contributed by atoms with van der Waals surface area (Å²) in [5, 5.41) is 0. The fourth-order valence-corrected chi connectivity index (χ4v) is 2.87. The molecule has 1 aliphatic rings. The van der Waals surface area contributed by atoms with Crippen molar-refractivity contribution in [2.75, 3.05) is 33.9 Å². The Morgan fingerprint density at radius 2 is 2.08 bits per heavy atom. The number of methoxy groups -OCH3 is 2. The van der Waals surface area contributed by atoms with Crippen LogP contribution in [0.25, 0.3) is 6.08 Å². The summed E-state index contributed by atoms with van der Waals surface area (Å²) < 4.78 is 15.6. The molecule has 0 N–H and O–H groups in total. The van der Waals surface area contributed by atoms with E-state index in [1.54, 1.807) is 50.3 Å². The predicted molar refractivity (Wildman–Crippen MR) is 94.5 cm³/mol. The second-order valence-corrected chi connectivity index (χ2v) is 5.82. The lowest BCUT2D eigenvalue weighted by Gasteiger charge is -2.30. The molecule has 1 aromatic carbocycles. The highest BCUT2D eigenvalue weighted by Crippen LogP contribution is 2.25. The Hall–Kier alpha value is -2.50. The molecule has 1 aromatic rings. The van der Waals surface area contributed by atoms with Crippen molar-refractivity contribution in [2.45, 2.75) is 19.8 Å². The summed E-state index contributed by atoms with van der Waals surface area (Å²) >= 11 is 0. The van der Waals surface area contributed by atoms with E-state index < -0.39 is 0 Å². The van der Waals surface area contributed by atoms with Crippen molar-refractivity contribution in [1.82, 2.24) is 4.90 Å². The highest BCUT2D eigenvalue weighted by molar-refractivity contribution is 5.92. The SMILES string of the molecule is CCOC(=O)[C@@H]1CCCN(C(=O)/C=C/c2cc(OC)ccc2OC)C1. The number of likely N-dealkylation sites (tertiary alicyclic amines) is 1. The third-order valence-electron chi connectivity index (χ3n) is 4.20. The average molecular weight is 347 g/mol. The van der Waals surface area contributed by atoms with E-state index in [1.165, 1.54) is 6.08 Å². The molecule has 0 aliphatic carbocycles. The first kappa shape index (κ1) is 18.8. The minimum Gasteiger partial charge on any atom is -0.497 e. The van der Waals surface area contributed by atoms with Crippen LogP contribution in [0.15, 0.2) is 24.3 Å². The van der Waals surface area contributed by atoms with E-state index in [0.717, 1.165) is 18.4 Å². The number of hydrogen-bond acceptors (Lipinski definition) is 5. The first-order chi connectivity index (χ1) is 12.1. The van der Waals surface area contributed by atoms with Crippen LogP contribution in [0.5, 0.6) is 11.5 Å². The average Bonchev–Trinajstić information content (AvgIpc) is 2.66. The lowest BCUT2D eigenvalue weighted by atomic mass is 9.98. The van der Waals surface area contributed by atoms with Crippen LogP contribution in [0.1, 0.15) is 25.3 Å². The van der Waals surface area contributed by atoms with Gasteiger partial charge >= 0.3 is 5.97 Å². The molecular weight excluding hydrogens is 322 g/mol. The van der Waals surface area contributed by atoms with E-state index in [-0.39, 0.29) is 17.8 Å². The Morgan fingerprint density at radius 1 is 1.28 bits per heavy atom. The monoisotopic (exact) mass is 347 g/mol. The summed E-state index contributed by atoms with van der Waals surface area (Å²) in [5.74, 6) is 0.760. The van der Waals surface area contributed by atoms with Gasteiger partial charge in [0.25, 0.3) is 0 Å². The molecule has 1 fully saturated rings. The summed E-state index contributed by atoms with van der Waals surface area (Å²) in [4.78, 5) is 26.0. The minimum absolute atomic E-state index is 0.126. The van der Waals surface area contributed by atoms with Crippen molar-refractivity contribution in [3.63, 3.8) is 0 Å². The number of piperidine rings is 1. The molecule has 136 valence electrons. The molecule has 1 amide bonds. The second kappa shape index (κ2) is 9.11. The van der Waals surface area contributed by atoms with E-state index >= 15 is 0 Å². The Labute approximate surface area is 148 Å². The first-order valence-corrected chi connectivity index (χ1v) is 8.44. The van der Waals surface area contributed by atoms with Gasteiger partial charge in [-0.15, -0.1) is 0 Å². The molecule has 6 heteroatoms. The Balaban J connectivity index is 2.06. The fraction of sp³-hybridized carbons (Fsp3) is 0.474. The zero-order valence-corrected chi connectivity index (χ0v) is 15.0. The smallest absolute Gasteiger partial charge is 0.310 e. The molecule has 0 aromatic heterocycles. The van der Waals surface area contributed by atoms with Gasteiger partial charge in [-0.05, 0) is 44.0 Å². The van der Waals surface area contributed by atoms with Crippen LogP contribution in [0.4, 0.5) is 0 Å². The molecule has 1 aliphatic heterocycles. The van der Waals surface area contributed by atoms with Gasteiger partial charge in [-0.2, -0.15) is 0 Å². The maximum absolute atomic E-state index is 12.5. The van der Waals surface area contributed by atoms with E-state index in [1.807, 2.05) is 0 Å². The summed E-state index contributed by atoms with van der Waals surface area (Å²) in [6.45, 7) is 3.19. The molecule has 0 spiro atoms. The van der Waals surface area contributed by atoms with Gasteiger partial charge in [0.15, 0.2) is 0 Å². The standard InChI is InChI=1S/C19H25NO5/c1-4-25-19(22)15-6-5-11-20(13-15)18(21)10-7-14-12-16(23-2)8-9-17(14)24-3/h7-10,12,15H,4-6,11,13H2,1-3H3/b10-7+/t15-/m1/s1. The molecule has 6 nitrogen and oxygen atoms in total. The quantitative estimate of drug-likeness (QED) is 0.584. The van der Waals surface area contributed by atoms with E-state index in [4.69, 9.17) is 14.2 Å². The van der Waals surface area contributed by atoms with Crippen LogP contribution in [-0.2, 0) is 14.3 Å². The van der Waals surface area contributed by atoms with E-state index in [0.29, 0.717) is 31.2 Å². The van der Waals surface area contributed by atoms with Crippen molar-refractivity contribution in [2.24, 2.45) is 5.92 Å². The van der Waals surface area contributed by atoms with Crippen molar-refractivity contribution in [3.8, 4) is 11.5 Å². The van der Waals surface area contributed by atoms with Gasteiger partial charge in [0.05, 0.1) is 26.7 Å². The zero-order chi connectivity index (χ0) is 18.2. The molecule has 2 rings (SSSR count). The number of rotatable bonds is 6. The highest BCUT2D eigenvalue weighted by Gasteiger charge is 2.28. The maximum Gasteiger partial charge on any atom is 0.310 e. The number of esters is 1. The van der Waals surface area contributed by atoms with Crippen LogP contribution >= 0.6 is 0 Å². The third kappa shape index (κ3) is 4.98. The summed E-state index contributed by atoms with van der Waals surface area (Å²) in [6.07, 6.45) is 4.77. The first-order valence-electron chi connectivity index (χ1n) is 8.44. The van der Waals surface area contributed by atoms with Gasteiger partial charge in [0, 0.05) is 24.7 Å². The fourth-order valence-electron chi connectivity index (χ4n) is 2.87. The van der Waals surface area contributed by atoms with Crippen molar-refractivity contribution >= 4 is 18.0 Å². The number of amides is 1. The van der Waals surface area contributed by atoms with Crippen molar-refractivity contribution < 1.29 is 23.8 Å². The predicted octanol–water partition coefficient (Wildman–Crippen LogP) is 2.52. The largest absolute Gasteiger partial charge is 0.497 e. The van der Waals surface area contributed by atoms with Gasteiger partial charge < -0.3 is 19.1 Å². The van der Waals surface area contributed by atoms with Crippen LogP contribution in [-0.4, -0.2) is 50.7 Å². The Kier molecular flexibility index (Phi) is 6.86. The van der Waals surface area contributed by atoms with Crippen molar-refractivity contribution in [3.05, 3.63) is 29.8 Å². The van der Waals surface area contributed by atoms with Gasteiger partial charge in [-0.3, -0.25) is 9.59 Å². The summed E-state index contributed by atoms with van der Waals surface area (Å²) in [6, 6.07) is 5.40. The molecule has 0 saturated carbocycles. The minimum atomic E-state index is -0.239. The topological polar surface area (TPSA) is 65.1 Å². The van der Waals surface area contributed by atoms with Crippen molar-refractivity contribution in [1.29, 1.82) is 0 Å². The number of nitrogens with zero attached hydrogens (tertiary/aromatic N) is 1. The maximum atomic E-state index is 12.5. The number of hydrogen-bond donors (Lipinski definition) is 0. The van der Waals surface area contributed by atoms with Crippen LogP contribution < -0.4 is 9.47 Å². The molecule has 1 atom stereocenters. The molecular formula is C19H25NO5. The van der Waals surface area contributed by atoms with Gasteiger partial charge in [0.2, 0.25) is 5.91 Å². The van der Waals surface area contributed by atoms with Crippen LogP contribution in [0, 0.1) is 5.92 Å². The molecule has 25 heavy (non-hydrogen) atoms. The second-order valence-electron chi connectivity index (χ2n) is 5.82. The van der Waals surface area contributed by atoms with Gasteiger partial charge in [-0.1, -0.05) is 0 Å². The number of ether oxygens (including phenoxy) is 3. The number of carbonyl (C=O) groups is 2. The zero-order valence-electron chi connectivity index (χ0n) is 15.0. The normalized spacial score (nSPS) is 17.4. The van der Waals surface area contributed by atoms with Gasteiger partial charge in [-0.25, -0.2) is 0 Å². The molecule has 0 radical (unpaired) electrons. The van der Waals surface area contributed by atoms with Crippen LogP contribution in [0.3, 0.4) is 0 Å². The summed E-state index contributed by atoms with van der Waals surface area (Å²) in [5.41, 5.74) is 0.758. The lowest BCUT2D eigenvalue weighted by Crippen LogP contribution is -2.42. The highest BCUT2D eigenvalue weighted by atomic mass is 16.5. The molecule has 0 unspecified atom stereocenters. The number of benzene rings is 1. The Morgan fingerprint density at radius 3 is 2.76 bits per heavy atom.